The first-order chi connectivity index (χ1) is 17.1. The van der Waals surface area contributed by atoms with Gasteiger partial charge in [0.05, 0.1) is 0 Å². The normalized spacial score (nSPS) is 12.1. The van der Waals surface area contributed by atoms with Crippen molar-refractivity contribution in [2.24, 2.45) is 0 Å². The fourth-order valence-corrected chi connectivity index (χ4v) is 4.83. The van der Waals surface area contributed by atoms with Gasteiger partial charge in [0.2, 0.25) is 0 Å². The van der Waals surface area contributed by atoms with Gasteiger partial charge in [-0.15, -0.1) is 0 Å². The molecule has 0 bridgehead atoms. The first-order valence-electron chi connectivity index (χ1n) is 15.5. The molecule has 1 N–H and O–H groups in total. The van der Waals surface area contributed by atoms with Crippen molar-refractivity contribution in [3.63, 3.8) is 0 Å². The molecule has 4 heteroatoms. The van der Waals surface area contributed by atoms with Gasteiger partial charge in [-0.1, -0.05) is 142 Å². The molecule has 1 atom stereocenters. The van der Waals surface area contributed by atoms with Crippen LogP contribution in [0.25, 0.3) is 0 Å². The molecular formula is C31H60O4. The lowest BCUT2D eigenvalue weighted by atomic mass is 10.0. The van der Waals surface area contributed by atoms with E-state index < -0.39 is 5.97 Å². The second kappa shape index (κ2) is 27.5. The summed E-state index contributed by atoms with van der Waals surface area (Å²) in [6.07, 6.45) is 30.6. The summed E-state index contributed by atoms with van der Waals surface area (Å²) in [6.45, 7) is 4.35. The van der Waals surface area contributed by atoms with E-state index in [1.165, 1.54) is 116 Å². The zero-order chi connectivity index (χ0) is 25.8. The van der Waals surface area contributed by atoms with Crippen molar-refractivity contribution in [1.82, 2.24) is 0 Å². The first kappa shape index (κ1) is 33.9. The van der Waals surface area contributed by atoms with E-state index in [9.17, 15) is 9.59 Å². The first-order valence-corrected chi connectivity index (χ1v) is 15.5. The van der Waals surface area contributed by atoms with E-state index in [2.05, 4.69) is 13.8 Å². The van der Waals surface area contributed by atoms with Crippen LogP contribution in [0.1, 0.15) is 181 Å². The molecule has 0 radical (unpaired) electrons. The highest BCUT2D eigenvalue weighted by molar-refractivity contribution is 5.69. The second-order valence-electron chi connectivity index (χ2n) is 10.7. The minimum atomic E-state index is -0.782. The minimum absolute atomic E-state index is 0.110. The van der Waals surface area contributed by atoms with Crippen LogP contribution in [-0.4, -0.2) is 23.1 Å². The summed E-state index contributed by atoms with van der Waals surface area (Å²) in [7, 11) is 0. The Morgan fingerprint density at radius 3 is 1.29 bits per heavy atom. The van der Waals surface area contributed by atoms with Crippen LogP contribution in [0.15, 0.2) is 0 Å². The number of hydrogen-bond donors (Lipinski definition) is 1. The van der Waals surface area contributed by atoms with E-state index in [0.29, 0.717) is 19.3 Å². The minimum Gasteiger partial charge on any atom is -0.481 e. The van der Waals surface area contributed by atoms with Crippen LogP contribution in [0.3, 0.4) is 0 Å². The number of aliphatic carboxylic acids is 1. The molecule has 4 nitrogen and oxygen atoms in total. The molecule has 35 heavy (non-hydrogen) atoms. The maximum atomic E-state index is 12.1. The summed E-state index contributed by atoms with van der Waals surface area (Å²) in [5, 5.41) is 8.76. The molecule has 0 aliphatic rings. The van der Waals surface area contributed by atoms with E-state index in [-0.39, 0.29) is 18.5 Å². The molecule has 0 aliphatic heterocycles. The average Bonchev–Trinajstić information content (AvgIpc) is 2.82. The Bertz CT molecular complexity index is 463. The van der Waals surface area contributed by atoms with Gasteiger partial charge in [0.15, 0.2) is 0 Å². The van der Waals surface area contributed by atoms with Crippen LogP contribution in [0.4, 0.5) is 0 Å². The van der Waals surface area contributed by atoms with Gasteiger partial charge in [-0.3, -0.25) is 9.59 Å². The van der Waals surface area contributed by atoms with Gasteiger partial charge in [-0.2, -0.15) is 0 Å². The van der Waals surface area contributed by atoms with Crippen molar-refractivity contribution in [1.29, 1.82) is 0 Å². The summed E-state index contributed by atoms with van der Waals surface area (Å²) in [6, 6.07) is 0. The Balaban J connectivity index is 3.35. The summed E-state index contributed by atoms with van der Waals surface area (Å²) < 4.78 is 5.58. The van der Waals surface area contributed by atoms with E-state index in [0.717, 1.165) is 25.7 Å². The molecule has 0 fully saturated rings. The average molecular weight is 497 g/mol. The van der Waals surface area contributed by atoms with E-state index in [1.807, 2.05) is 0 Å². The van der Waals surface area contributed by atoms with Crippen LogP contribution in [0, 0.1) is 0 Å². The predicted molar refractivity (Wildman–Crippen MR) is 149 cm³/mol. The van der Waals surface area contributed by atoms with Gasteiger partial charge in [0.1, 0.15) is 6.10 Å². The topological polar surface area (TPSA) is 63.6 Å². The summed E-state index contributed by atoms with van der Waals surface area (Å²) >= 11 is 0. The van der Waals surface area contributed by atoms with E-state index in [4.69, 9.17) is 9.84 Å². The van der Waals surface area contributed by atoms with Crippen molar-refractivity contribution >= 4 is 11.9 Å². The van der Waals surface area contributed by atoms with Gasteiger partial charge in [0.25, 0.3) is 0 Å². The van der Waals surface area contributed by atoms with Gasteiger partial charge >= 0.3 is 11.9 Å². The van der Waals surface area contributed by atoms with Crippen LogP contribution in [0.2, 0.25) is 0 Å². The lowest BCUT2D eigenvalue weighted by molar-refractivity contribution is -0.150. The molecule has 1 unspecified atom stereocenters. The van der Waals surface area contributed by atoms with Crippen molar-refractivity contribution in [3.8, 4) is 0 Å². The molecule has 0 aromatic carbocycles. The highest BCUT2D eigenvalue weighted by atomic mass is 16.5. The molecule has 0 aromatic heterocycles. The Labute approximate surface area is 218 Å². The molecule has 0 heterocycles. The lowest BCUT2D eigenvalue weighted by Crippen LogP contribution is -2.18. The molecule has 0 amide bonds. The number of carboxylic acid groups (broad SMARTS) is 1. The van der Waals surface area contributed by atoms with Gasteiger partial charge < -0.3 is 9.84 Å². The van der Waals surface area contributed by atoms with Crippen molar-refractivity contribution in [2.75, 3.05) is 0 Å². The molecule has 0 rings (SSSR count). The third-order valence-corrected chi connectivity index (χ3v) is 7.06. The Kier molecular flexibility index (Phi) is 26.7. The van der Waals surface area contributed by atoms with Gasteiger partial charge in [-0.05, 0) is 25.7 Å². The van der Waals surface area contributed by atoms with Crippen LogP contribution in [0.5, 0.6) is 0 Å². The molecule has 0 aliphatic carbocycles. The quantitative estimate of drug-likeness (QED) is 0.0864. The smallest absolute Gasteiger partial charge is 0.306 e. The predicted octanol–water partition coefficient (Wildman–Crippen LogP) is 10.2. The maximum absolute atomic E-state index is 12.1. The Morgan fingerprint density at radius 1 is 0.514 bits per heavy atom. The monoisotopic (exact) mass is 496 g/mol. The fraction of sp³-hybridized carbons (Fsp3) is 0.935. The third-order valence-electron chi connectivity index (χ3n) is 7.06. The number of carbonyl (C=O) groups is 2. The van der Waals surface area contributed by atoms with Crippen LogP contribution in [-0.2, 0) is 14.3 Å². The number of hydrogen-bond acceptors (Lipinski definition) is 3. The van der Waals surface area contributed by atoms with Crippen molar-refractivity contribution < 1.29 is 19.4 Å². The fourth-order valence-electron chi connectivity index (χ4n) is 4.83. The Morgan fingerprint density at radius 2 is 0.914 bits per heavy atom. The summed E-state index contributed by atoms with van der Waals surface area (Å²) in [5.41, 5.74) is 0. The van der Waals surface area contributed by atoms with Gasteiger partial charge in [-0.25, -0.2) is 0 Å². The standard InChI is InChI=1S/C31H60O4/c1-3-5-6-7-8-9-10-11-12-13-14-15-16-17-18-19-20-21-22-23-28-31(34)35-29(25-4-2)26-24-27-30(32)33/h29H,3-28H2,1-2H3,(H,32,33). The zero-order valence-electron chi connectivity index (χ0n) is 23.6. The molecule has 208 valence electrons. The number of carboxylic acids is 1. The highest BCUT2D eigenvalue weighted by Crippen LogP contribution is 2.16. The molecule has 0 saturated carbocycles. The van der Waals surface area contributed by atoms with Crippen molar-refractivity contribution in [3.05, 3.63) is 0 Å². The van der Waals surface area contributed by atoms with E-state index >= 15 is 0 Å². The largest absolute Gasteiger partial charge is 0.481 e. The van der Waals surface area contributed by atoms with Crippen LogP contribution < -0.4 is 0 Å². The number of carbonyl (C=O) groups excluding carboxylic acids is 1. The van der Waals surface area contributed by atoms with E-state index in [1.54, 1.807) is 0 Å². The maximum Gasteiger partial charge on any atom is 0.306 e. The van der Waals surface area contributed by atoms with Crippen molar-refractivity contribution in [2.45, 2.75) is 187 Å². The second-order valence-corrected chi connectivity index (χ2v) is 10.7. The molecular weight excluding hydrogens is 436 g/mol. The molecule has 0 aromatic rings. The number of ether oxygens (including phenoxy) is 1. The number of rotatable bonds is 28. The molecule has 0 spiro atoms. The summed E-state index contributed by atoms with van der Waals surface area (Å²) in [4.78, 5) is 22.7. The van der Waals surface area contributed by atoms with Crippen LogP contribution >= 0.6 is 0 Å². The highest BCUT2D eigenvalue weighted by Gasteiger charge is 2.14. The molecule has 0 saturated heterocycles. The number of unbranched alkanes of at least 4 members (excludes halogenated alkanes) is 19. The number of esters is 1. The van der Waals surface area contributed by atoms with Gasteiger partial charge in [0, 0.05) is 12.8 Å². The summed E-state index contributed by atoms with van der Waals surface area (Å²) in [5.74, 6) is -0.892. The SMILES string of the molecule is CCCCCCCCCCCCCCCCCCCCCCC(=O)OC(CCC)CCCC(=O)O. The zero-order valence-corrected chi connectivity index (χ0v) is 23.6. The third kappa shape index (κ3) is 27.4. The Hall–Kier alpha value is -1.06. The lowest BCUT2D eigenvalue weighted by Gasteiger charge is -2.17.